The van der Waals surface area contributed by atoms with Crippen LogP contribution in [0.4, 0.5) is 5.69 Å². The molecule has 0 aliphatic carbocycles. The predicted molar refractivity (Wildman–Crippen MR) is 84.8 cm³/mol. The lowest BCUT2D eigenvalue weighted by molar-refractivity contribution is 0.0701. The maximum Gasteiger partial charge on any atom is 0.346 e. The third-order valence-corrected chi connectivity index (χ3v) is 6.13. The average Bonchev–Trinajstić information content (AvgIpc) is 2.82. The van der Waals surface area contributed by atoms with Crippen LogP contribution in [0.3, 0.4) is 0 Å². The van der Waals surface area contributed by atoms with Gasteiger partial charge in [0.15, 0.2) is 5.75 Å². The van der Waals surface area contributed by atoms with Crippen LogP contribution in [0.25, 0.3) is 0 Å². The van der Waals surface area contributed by atoms with Crippen molar-refractivity contribution in [2.45, 2.75) is 11.1 Å². The van der Waals surface area contributed by atoms with Gasteiger partial charge in [-0.3, -0.25) is 4.72 Å². The maximum absolute atomic E-state index is 12.4. The van der Waals surface area contributed by atoms with Gasteiger partial charge in [0.05, 0.1) is 17.8 Å². The van der Waals surface area contributed by atoms with Crippen LogP contribution in [-0.2, 0) is 10.0 Å². The van der Waals surface area contributed by atoms with Crippen molar-refractivity contribution in [2.75, 3.05) is 11.8 Å². The topological polar surface area (TPSA) is 92.7 Å². The van der Waals surface area contributed by atoms with Crippen LogP contribution in [0.1, 0.15) is 15.2 Å². The quantitative estimate of drug-likeness (QED) is 0.852. The Morgan fingerprint density at radius 2 is 2.09 bits per heavy atom. The van der Waals surface area contributed by atoms with Crippen molar-refractivity contribution < 1.29 is 23.1 Å². The van der Waals surface area contributed by atoms with Gasteiger partial charge >= 0.3 is 5.97 Å². The zero-order chi connectivity index (χ0) is 16.5. The van der Waals surface area contributed by atoms with E-state index in [-0.39, 0.29) is 25.5 Å². The van der Waals surface area contributed by atoms with Gasteiger partial charge in [0.1, 0.15) is 9.09 Å². The number of carbonyl (C=O) groups is 1. The van der Waals surface area contributed by atoms with E-state index in [0.717, 1.165) is 0 Å². The third kappa shape index (κ3) is 3.18. The number of anilines is 1. The van der Waals surface area contributed by atoms with Gasteiger partial charge in [-0.1, -0.05) is 17.7 Å². The fraction of sp³-hybridized carbons (Fsp3) is 0.154. The Balaban J connectivity index is 2.43. The first-order chi connectivity index (χ1) is 10.3. The Hall–Kier alpha value is -1.77. The molecule has 0 aliphatic heterocycles. The molecule has 6 nitrogen and oxygen atoms in total. The minimum Gasteiger partial charge on any atom is -0.493 e. The molecule has 0 aliphatic rings. The minimum atomic E-state index is -3.93. The Labute approximate surface area is 136 Å². The summed E-state index contributed by atoms with van der Waals surface area (Å²) in [7, 11) is -2.56. The number of hydrogen-bond acceptors (Lipinski definition) is 5. The van der Waals surface area contributed by atoms with Gasteiger partial charge in [-0.05, 0) is 30.7 Å². The van der Waals surface area contributed by atoms with Crippen molar-refractivity contribution >= 4 is 44.6 Å². The summed E-state index contributed by atoms with van der Waals surface area (Å²) >= 11 is 6.63. The number of methoxy groups -OCH3 is 1. The molecule has 0 saturated carbocycles. The van der Waals surface area contributed by atoms with Gasteiger partial charge in [0, 0.05) is 0 Å². The molecule has 0 unspecified atom stereocenters. The number of nitrogens with one attached hydrogen (secondary N) is 1. The lowest BCUT2D eigenvalue weighted by Crippen LogP contribution is -2.12. The number of thiophene rings is 1. The summed E-state index contributed by atoms with van der Waals surface area (Å²) in [5.41, 5.74) is 0.564. The van der Waals surface area contributed by atoms with Crippen molar-refractivity contribution in [3.8, 4) is 5.75 Å². The van der Waals surface area contributed by atoms with E-state index in [2.05, 4.69) is 4.72 Å². The van der Waals surface area contributed by atoms with Gasteiger partial charge in [0.2, 0.25) is 0 Å². The molecular weight excluding hydrogens is 350 g/mol. The van der Waals surface area contributed by atoms with Crippen LogP contribution in [0.2, 0.25) is 5.02 Å². The minimum absolute atomic E-state index is 0.0153. The van der Waals surface area contributed by atoms with E-state index in [1.165, 1.54) is 19.2 Å². The van der Waals surface area contributed by atoms with Crippen molar-refractivity contribution in [3.63, 3.8) is 0 Å². The number of halogens is 1. The smallest absolute Gasteiger partial charge is 0.346 e. The SMILES string of the molecule is COc1c(Cl)cccc1NS(=O)(=O)c1cc(C)c(C(=O)O)s1. The second-order valence-corrected chi connectivity index (χ2v) is 7.68. The lowest BCUT2D eigenvalue weighted by atomic mass is 10.3. The molecule has 2 aromatic rings. The van der Waals surface area contributed by atoms with Crippen molar-refractivity contribution in [3.05, 3.63) is 39.7 Å². The normalized spacial score (nSPS) is 11.2. The Morgan fingerprint density at radius 3 is 2.64 bits per heavy atom. The number of para-hydroxylation sites is 1. The highest BCUT2D eigenvalue weighted by Gasteiger charge is 2.23. The molecule has 0 fully saturated rings. The molecule has 0 amide bonds. The highest BCUT2D eigenvalue weighted by molar-refractivity contribution is 7.94. The predicted octanol–water partition coefficient (Wildman–Crippen LogP) is 3.22. The number of aromatic carboxylic acids is 1. The summed E-state index contributed by atoms with van der Waals surface area (Å²) in [5, 5.41) is 9.27. The molecule has 22 heavy (non-hydrogen) atoms. The molecule has 2 N–H and O–H groups in total. The molecule has 0 atom stereocenters. The second-order valence-electron chi connectivity index (χ2n) is 4.31. The fourth-order valence-electron chi connectivity index (χ4n) is 1.79. The van der Waals surface area contributed by atoms with E-state index in [0.29, 0.717) is 16.9 Å². The number of benzene rings is 1. The number of ether oxygens (including phenoxy) is 1. The number of carboxylic acid groups (broad SMARTS) is 1. The summed E-state index contributed by atoms with van der Waals surface area (Å²) < 4.78 is 32.1. The summed E-state index contributed by atoms with van der Waals surface area (Å²) in [4.78, 5) is 11.0. The molecule has 2 rings (SSSR count). The highest BCUT2D eigenvalue weighted by Crippen LogP contribution is 2.35. The summed E-state index contributed by atoms with van der Waals surface area (Å²) in [6.07, 6.45) is 0. The maximum atomic E-state index is 12.4. The Morgan fingerprint density at radius 1 is 1.41 bits per heavy atom. The van der Waals surface area contributed by atoms with E-state index in [9.17, 15) is 13.2 Å². The zero-order valence-electron chi connectivity index (χ0n) is 11.6. The Kier molecular flexibility index (Phi) is 4.64. The molecule has 0 spiro atoms. The van der Waals surface area contributed by atoms with Crippen LogP contribution in [0, 0.1) is 6.92 Å². The molecule has 1 aromatic carbocycles. The number of sulfonamides is 1. The molecule has 0 saturated heterocycles. The van der Waals surface area contributed by atoms with Gasteiger partial charge < -0.3 is 9.84 Å². The third-order valence-electron chi connectivity index (χ3n) is 2.77. The van der Waals surface area contributed by atoms with E-state index in [1.807, 2.05) is 0 Å². The highest BCUT2D eigenvalue weighted by atomic mass is 35.5. The van der Waals surface area contributed by atoms with Gasteiger partial charge in [-0.2, -0.15) is 0 Å². The fourth-order valence-corrected chi connectivity index (χ4v) is 4.48. The van der Waals surface area contributed by atoms with E-state index in [1.54, 1.807) is 19.1 Å². The second kappa shape index (κ2) is 6.15. The standard InChI is InChI=1S/C13H12ClNO5S2/c1-7-6-10(21-12(7)13(16)17)22(18,19)15-9-5-3-4-8(14)11(9)20-2/h3-6,15H,1-2H3,(H,16,17). The molecule has 1 aromatic heterocycles. The number of aryl methyl sites for hydroxylation is 1. The number of rotatable bonds is 5. The molecule has 0 bridgehead atoms. The number of carboxylic acids is 1. The van der Waals surface area contributed by atoms with E-state index >= 15 is 0 Å². The lowest BCUT2D eigenvalue weighted by Gasteiger charge is -2.11. The largest absolute Gasteiger partial charge is 0.493 e. The molecule has 118 valence electrons. The molecule has 9 heteroatoms. The van der Waals surface area contributed by atoms with Gasteiger partial charge in [-0.15, -0.1) is 11.3 Å². The van der Waals surface area contributed by atoms with Crippen molar-refractivity contribution in [2.24, 2.45) is 0 Å². The Bertz CT molecular complexity index is 829. The van der Waals surface area contributed by atoms with E-state index < -0.39 is 16.0 Å². The van der Waals surface area contributed by atoms with Crippen LogP contribution >= 0.6 is 22.9 Å². The van der Waals surface area contributed by atoms with Gasteiger partial charge in [0.25, 0.3) is 10.0 Å². The van der Waals surface area contributed by atoms with Crippen LogP contribution in [0.5, 0.6) is 5.75 Å². The van der Waals surface area contributed by atoms with Crippen LogP contribution in [0.15, 0.2) is 28.5 Å². The molecule has 1 heterocycles. The summed E-state index contributed by atoms with van der Waals surface area (Å²) in [6.45, 7) is 1.54. The molecule has 0 radical (unpaired) electrons. The van der Waals surface area contributed by atoms with Crippen LogP contribution < -0.4 is 9.46 Å². The zero-order valence-corrected chi connectivity index (χ0v) is 14.0. The average molecular weight is 362 g/mol. The number of hydrogen-bond donors (Lipinski definition) is 2. The molecular formula is C13H12ClNO5S2. The van der Waals surface area contributed by atoms with E-state index in [4.69, 9.17) is 21.4 Å². The van der Waals surface area contributed by atoms with Crippen molar-refractivity contribution in [1.29, 1.82) is 0 Å². The monoisotopic (exact) mass is 361 g/mol. The summed E-state index contributed by atoms with van der Waals surface area (Å²) in [5.74, 6) is -0.969. The first kappa shape index (κ1) is 16.6. The van der Waals surface area contributed by atoms with Crippen molar-refractivity contribution in [1.82, 2.24) is 0 Å². The van der Waals surface area contributed by atoms with Gasteiger partial charge in [-0.25, -0.2) is 13.2 Å². The van der Waals surface area contributed by atoms with Crippen LogP contribution in [-0.4, -0.2) is 26.6 Å². The first-order valence-corrected chi connectivity index (χ1v) is 8.63. The summed E-state index contributed by atoms with van der Waals surface area (Å²) in [6, 6.07) is 5.95. The first-order valence-electron chi connectivity index (χ1n) is 5.95.